The Morgan fingerprint density at radius 3 is 3.21 bits per heavy atom. The highest BCUT2D eigenvalue weighted by Gasteiger charge is 2.27. The van der Waals surface area contributed by atoms with Crippen LogP contribution in [0, 0.1) is 6.92 Å². The minimum absolute atomic E-state index is 0.0755. The van der Waals surface area contributed by atoms with Crippen LogP contribution < -0.4 is 0 Å². The van der Waals surface area contributed by atoms with Gasteiger partial charge in [-0.2, -0.15) is 0 Å². The third-order valence-corrected chi connectivity index (χ3v) is 3.97. The first-order valence-electron chi connectivity index (χ1n) is 6.20. The quantitative estimate of drug-likeness (QED) is 0.913. The van der Waals surface area contributed by atoms with Gasteiger partial charge in [0.25, 0.3) is 5.91 Å². The molecular weight excluding hydrogens is 262 g/mol. The summed E-state index contributed by atoms with van der Waals surface area (Å²) in [4.78, 5) is 22.3. The highest BCUT2D eigenvalue weighted by Crippen LogP contribution is 2.22. The van der Waals surface area contributed by atoms with Gasteiger partial charge in [0, 0.05) is 18.4 Å². The fourth-order valence-electron chi connectivity index (χ4n) is 2.15. The molecule has 0 aliphatic carbocycles. The maximum absolute atomic E-state index is 12.3. The van der Waals surface area contributed by atoms with E-state index >= 15 is 0 Å². The number of nitrogens with zero attached hydrogens (tertiary/aromatic N) is 2. The Morgan fingerprint density at radius 2 is 2.53 bits per heavy atom. The van der Waals surface area contributed by atoms with Crippen molar-refractivity contribution in [3.8, 4) is 0 Å². The van der Waals surface area contributed by atoms with Crippen molar-refractivity contribution >= 4 is 17.2 Å². The molecule has 1 saturated heterocycles. The van der Waals surface area contributed by atoms with Gasteiger partial charge >= 0.3 is 0 Å². The zero-order valence-electron chi connectivity index (χ0n) is 10.6. The number of carbonyl (C=O) groups excluding carboxylic acids is 1. The first kappa shape index (κ1) is 12.4. The van der Waals surface area contributed by atoms with Gasteiger partial charge < -0.3 is 14.6 Å². The minimum atomic E-state index is -0.161. The van der Waals surface area contributed by atoms with Crippen LogP contribution in [0.2, 0.25) is 0 Å². The number of H-pyrrole nitrogens is 1. The molecule has 1 amide bonds. The standard InChI is InChI=1S/C13H15N3O2S/c1-9-7-14-12(15-9)10-8-16(4-5-18-10)13(17)11-3-2-6-19-11/h2-3,6-7,10H,4-5,8H2,1H3,(H,14,15)/t10-/m0/s1. The normalized spacial score (nSPS) is 19.6. The van der Waals surface area contributed by atoms with Crippen molar-refractivity contribution in [2.24, 2.45) is 0 Å². The average Bonchev–Trinajstić information content (AvgIpc) is 3.09. The van der Waals surface area contributed by atoms with Gasteiger partial charge in [-0.25, -0.2) is 4.98 Å². The number of nitrogens with one attached hydrogen (secondary N) is 1. The van der Waals surface area contributed by atoms with E-state index in [0.29, 0.717) is 19.7 Å². The summed E-state index contributed by atoms with van der Waals surface area (Å²) < 4.78 is 5.69. The highest BCUT2D eigenvalue weighted by molar-refractivity contribution is 7.12. The SMILES string of the molecule is Cc1cnc([C@@H]2CN(C(=O)c3cccs3)CCO2)[nH]1. The molecule has 6 heteroatoms. The van der Waals surface area contributed by atoms with E-state index in [1.165, 1.54) is 11.3 Å². The monoisotopic (exact) mass is 277 g/mol. The summed E-state index contributed by atoms with van der Waals surface area (Å²) in [7, 11) is 0. The summed E-state index contributed by atoms with van der Waals surface area (Å²) in [5.41, 5.74) is 1.00. The summed E-state index contributed by atoms with van der Waals surface area (Å²) in [6.07, 6.45) is 1.62. The maximum Gasteiger partial charge on any atom is 0.264 e. The summed E-state index contributed by atoms with van der Waals surface area (Å²) in [5, 5.41) is 1.92. The molecule has 3 rings (SSSR count). The van der Waals surface area contributed by atoms with Crippen LogP contribution in [-0.4, -0.2) is 40.5 Å². The number of hydrogen-bond acceptors (Lipinski definition) is 4. The van der Waals surface area contributed by atoms with Crippen LogP contribution in [0.4, 0.5) is 0 Å². The van der Waals surface area contributed by atoms with Gasteiger partial charge in [-0.05, 0) is 18.4 Å². The van der Waals surface area contributed by atoms with Gasteiger partial charge in [-0.3, -0.25) is 4.79 Å². The first-order valence-corrected chi connectivity index (χ1v) is 7.08. The maximum atomic E-state index is 12.3. The van der Waals surface area contributed by atoms with Crippen LogP contribution in [0.5, 0.6) is 0 Å². The first-order chi connectivity index (χ1) is 9.24. The van der Waals surface area contributed by atoms with Gasteiger partial charge in [0.2, 0.25) is 0 Å². The Hall–Kier alpha value is -1.66. The smallest absolute Gasteiger partial charge is 0.264 e. The number of ether oxygens (including phenoxy) is 1. The molecule has 1 fully saturated rings. The van der Waals surface area contributed by atoms with Crippen LogP contribution in [0.1, 0.15) is 27.3 Å². The molecule has 0 aromatic carbocycles. The largest absolute Gasteiger partial charge is 0.367 e. The number of hydrogen-bond donors (Lipinski definition) is 1. The van der Waals surface area contributed by atoms with Gasteiger partial charge in [-0.1, -0.05) is 6.07 Å². The third kappa shape index (κ3) is 2.54. The minimum Gasteiger partial charge on any atom is -0.367 e. The molecule has 2 aromatic rings. The van der Waals surface area contributed by atoms with Gasteiger partial charge in [0.05, 0.1) is 18.0 Å². The predicted octanol–water partition coefficient (Wildman–Crippen LogP) is 1.99. The van der Waals surface area contributed by atoms with Gasteiger partial charge in [0.1, 0.15) is 11.9 Å². The number of aromatic amines is 1. The molecule has 0 unspecified atom stereocenters. The van der Waals surface area contributed by atoms with Crippen LogP contribution in [0.15, 0.2) is 23.7 Å². The molecule has 0 radical (unpaired) electrons. The Balaban J connectivity index is 1.73. The Bertz CT molecular complexity index is 564. The molecule has 0 bridgehead atoms. The molecule has 1 aliphatic rings. The van der Waals surface area contributed by atoms with E-state index in [-0.39, 0.29) is 12.0 Å². The number of thiophene rings is 1. The lowest BCUT2D eigenvalue weighted by molar-refractivity contribution is -0.0263. The molecule has 1 N–H and O–H groups in total. The molecule has 2 aromatic heterocycles. The summed E-state index contributed by atoms with van der Waals surface area (Å²) in [5.74, 6) is 0.868. The second-order valence-corrected chi connectivity index (χ2v) is 5.49. The molecule has 0 saturated carbocycles. The van der Waals surface area contributed by atoms with E-state index < -0.39 is 0 Å². The number of rotatable bonds is 2. The van der Waals surface area contributed by atoms with Crippen LogP contribution in [0.3, 0.4) is 0 Å². The van der Waals surface area contributed by atoms with E-state index in [4.69, 9.17) is 4.74 Å². The van der Waals surface area contributed by atoms with Crippen molar-refractivity contribution in [3.05, 3.63) is 40.1 Å². The Morgan fingerprint density at radius 1 is 1.63 bits per heavy atom. The Labute approximate surface area is 115 Å². The van der Waals surface area contributed by atoms with Gasteiger partial charge in [-0.15, -0.1) is 11.3 Å². The van der Waals surface area contributed by atoms with E-state index in [1.807, 2.05) is 29.3 Å². The lowest BCUT2D eigenvalue weighted by Crippen LogP contribution is -2.42. The number of carbonyl (C=O) groups is 1. The van der Waals surface area contributed by atoms with Crippen molar-refractivity contribution in [2.75, 3.05) is 19.7 Å². The third-order valence-electron chi connectivity index (χ3n) is 3.11. The van der Waals surface area contributed by atoms with E-state index in [1.54, 1.807) is 6.20 Å². The van der Waals surface area contributed by atoms with Crippen molar-refractivity contribution in [1.82, 2.24) is 14.9 Å². The fraction of sp³-hybridized carbons (Fsp3) is 0.385. The van der Waals surface area contributed by atoms with E-state index in [0.717, 1.165) is 16.4 Å². The van der Waals surface area contributed by atoms with Crippen LogP contribution in [0.25, 0.3) is 0 Å². The highest BCUT2D eigenvalue weighted by atomic mass is 32.1. The summed E-state index contributed by atoms with van der Waals surface area (Å²) in [6.45, 7) is 3.67. The average molecular weight is 277 g/mol. The van der Waals surface area contributed by atoms with Crippen molar-refractivity contribution in [2.45, 2.75) is 13.0 Å². The number of imidazole rings is 1. The summed E-state index contributed by atoms with van der Waals surface area (Å²) in [6, 6.07) is 3.75. The van der Waals surface area contributed by atoms with E-state index in [9.17, 15) is 4.79 Å². The fourth-order valence-corrected chi connectivity index (χ4v) is 2.84. The second kappa shape index (κ2) is 5.14. The molecule has 0 spiro atoms. The number of aryl methyl sites for hydroxylation is 1. The summed E-state index contributed by atoms with van der Waals surface area (Å²) >= 11 is 1.47. The zero-order valence-corrected chi connectivity index (χ0v) is 11.4. The van der Waals surface area contributed by atoms with Gasteiger partial charge in [0.15, 0.2) is 0 Å². The van der Waals surface area contributed by atoms with E-state index in [2.05, 4.69) is 9.97 Å². The lowest BCUT2D eigenvalue weighted by Gasteiger charge is -2.31. The number of morpholine rings is 1. The van der Waals surface area contributed by atoms with Crippen molar-refractivity contribution in [3.63, 3.8) is 0 Å². The Kier molecular flexibility index (Phi) is 3.35. The topological polar surface area (TPSA) is 58.2 Å². The number of amides is 1. The van der Waals surface area contributed by atoms with Crippen LogP contribution >= 0.6 is 11.3 Å². The number of aromatic nitrogens is 2. The second-order valence-electron chi connectivity index (χ2n) is 4.54. The molecule has 3 heterocycles. The molecule has 5 nitrogen and oxygen atoms in total. The molecule has 1 atom stereocenters. The molecular formula is C13H15N3O2S. The molecule has 1 aliphatic heterocycles. The molecule has 19 heavy (non-hydrogen) atoms. The molecule has 100 valence electrons. The zero-order chi connectivity index (χ0) is 13.2. The lowest BCUT2D eigenvalue weighted by atomic mass is 10.2. The predicted molar refractivity (Wildman–Crippen MR) is 72.2 cm³/mol. The van der Waals surface area contributed by atoms with Crippen LogP contribution in [-0.2, 0) is 4.74 Å². The van der Waals surface area contributed by atoms with Crippen molar-refractivity contribution < 1.29 is 9.53 Å². The van der Waals surface area contributed by atoms with Crippen molar-refractivity contribution in [1.29, 1.82) is 0 Å².